The van der Waals surface area contributed by atoms with Crippen molar-refractivity contribution in [2.45, 2.75) is 58.0 Å². The first-order valence-electron chi connectivity index (χ1n) is 6.05. The van der Waals surface area contributed by atoms with Gasteiger partial charge in [-0.05, 0) is 33.6 Å². The molecule has 4 nitrogen and oxygen atoms in total. The van der Waals surface area contributed by atoms with Crippen LogP contribution in [0.15, 0.2) is 0 Å². The third kappa shape index (κ3) is 1.81. The molecule has 1 aliphatic carbocycles. The van der Waals surface area contributed by atoms with Crippen LogP contribution in [-0.4, -0.2) is 39.9 Å². The molecule has 0 aromatic heterocycles. The Morgan fingerprint density at radius 2 is 1.69 bits per heavy atom. The molecule has 0 bridgehead atoms. The quantitative estimate of drug-likeness (QED) is 0.639. The van der Waals surface area contributed by atoms with E-state index in [1.54, 1.807) is 4.90 Å². The van der Waals surface area contributed by atoms with Crippen LogP contribution in [0.2, 0.25) is 0 Å². The van der Waals surface area contributed by atoms with Crippen LogP contribution in [0.25, 0.3) is 0 Å². The monoisotopic (exact) mass is 224 g/mol. The van der Waals surface area contributed by atoms with Crippen LogP contribution in [0.1, 0.15) is 46.5 Å². The number of carbonyl (C=O) groups is 2. The van der Waals surface area contributed by atoms with E-state index in [1.165, 1.54) is 17.7 Å². The van der Waals surface area contributed by atoms with Crippen LogP contribution in [0.4, 0.5) is 4.79 Å². The third-order valence-corrected chi connectivity index (χ3v) is 3.43. The predicted octanol–water partition coefficient (Wildman–Crippen LogP) is 1.99. The Bertz CT molecular complexity index is 313. The van der Waals surface area contributed by atoms with Crippen molar-refractivity contribution in [2.24, 2.45) is 0 Å². The van der Waals surface area contributed by atoms with E-state index in [4.69, 9.17) is 0 Å². The highest BCUT2D eigenvalue weighted by molar-refractivity contribution is 6.02. The highest BCUT2D eigenvalue weighted by atomic mass is 16.2. The van der Waals surface area contributed by atoms with E-state index in [0.29, 0.717) is 6.04 Å². The molecule has 16 heavy (non-hydrogen) atoms. The van der Waals surface area contributed by atoms with Crippen molar-refractivity contribution in [3.63, 3.8) is 0 Å². The maximum atomic E-state index is 12.2. The number of hydrogen-bond donors (Lipinski definition) is 0. The summed E-state index contributed by atoms with van der Waals surface area (Å²) >= 11 is 0. The Balaban J connectivity index is 2.15. The van der Waals surface area contributed by atoms with Crippen molar-refractivity contribution in [1.29, 1.82) is 0 Å². The van der Waals surface area contributed by atoms with Crippen molar-refractivity contribution in [3.8, 4) is 0 Å². The zero-order chi connectivity index (χ0) is 11.9. The molecule has 90 valence electrons. The number of carbonyl (C=O) groups excluding carboxylic acids is 2. The molecule has 2 aliphatic rings. The summed E-state index contributed by atoms with van der Waals surface area (Å²) in [6, 6.07) is 0.202. The number of hydrogen-bond acceptors (Lipinski definition) is 2. The lowest BCUT2D eigenvalue weighted by molar-refractivity contribution is -0.128. The molecule has 1 heterocycles. The fourth-order valence-electron chi connectivity index (χ4n) is 2.68. The van der Waals surface area contributed by atoms with E-state index >= 15 is 0 Å². The molecular formula is C12H20N2O2. The first-order valence-corrected chi connectivity index (χ1v) is 6.05. The van der Waals surface area contributed by atoms with Gasteiger partial charge >= 0.3 is 6.03 Å². The van der Waals surface area contributed by atoms with Crippen LogP contribution < -0.4 is 0 Å². The average Bonchev–Trinajstić information content (AvgIpc) is 2.71. The molecule has 3 amide bonds. The van der Waals surface area contributed by atoms with Crippen LogP contribution in [0.3, 0.4) is 0 Å². The molecule has 1 aliphatic heterocycles. The summed E-state index contributed by atoms with van der Waals surface area (Å²) in [6.45, 7) is 5.99. The first-order chi connectivity index (χ1) is 7.41. The second-order valence-electron chi connectivity index (χ2n) is 5.75. The van der Waals surface area contributed by atoms with Gasteiger partial charge in [-0.2, -0.15) is 0 Å². The van der Waals surface area contributed by atoms with Crippen molar-refractivity contribution in [3.05, 3.63) is 0 Å². The van der Waals surface area contributed by atoms with Gasteiger partial charge in [0, 0.05) is 11.6 Å². The molecule has 0 aromatic carbocycles. The van der Waals surface area contributed by atoms with Crippen molar-refractivity contribution < 1.29 is 9.59 Å². The van der Waals surface area contributed by atoms with Gasteiger partial charge in [0.05, 0.1) is 0 Å². The summed E-state index contributed by atoms with van der Waals surface area (Å²) in [4.78, 5) is 27.2. The second-order valence-corrected chi connectivity index (χ2v) is 5.75. The second kappa shape index (κ2) is 3.75. The lowest BCUT2D eigenvalue weighted by Gasteiger charge is -2.30. The van der Waals surface area contributed by atoms with Crippen LogP contribution in [-0.2, 0) is 4.79 Å². The van der Waals surface area contributed by atoms with E-state index in [1.807, 2.05) is 20.8 Å². The molecule has 4 heteroatoms. The van der Waals surface area contributed by atoms with Gasteiger partial charge in [0.1, 0.15) is 6.54 Å². The summed E-state index contributed by atoms with van der Waals surface area (Å²) in [5, 5.41) is 0. The number of urea groups is 1. The van der Waals surface area contributed by atoms with E-state index in [0.717, 1.165) is 12.8 Å². The Morgan fingerprint density at radius 1 is 1.12 bits per heavy atom. The normalized spacial score (nSPS) is 23.7. The lowest BCUT2D eigenvalue weighted by Crippen LogP contribution is -2.47. The molecule has 1 saturated carbocycles. The SMILES string of the molecule is CC(C)(C)N1C(=O)CN(C2CCCC2)C1=O. The molecule has 0 unspecified atom stereocenters. The van der Waals surface area contributed by atoms with E-state index in [9.17, 15) is 9.59 Å². The summed E-state index contributed by atoms with van der Waals surface area (Å²) in [6.07, 6.45) is 4.46. The standard InChI is InChI=1S/C12H20N2O2/c1-12(2,3)14-10(15)8-13(11(14)16)9-6-4-5-7-9/h9H,4-8H2,1-3H3. The molecule has 0 N–H and O–H groups in total. The molecule has 0 aromatic rings. The van der Waals surface area contributed by atoms with Gasteiger partial charge in [0.2, 0.25) is 0 Å². The first kappa shape index (κ1) is 11.4. The Morgan fingerprint density at radius 3 is 2.12 bits per heavy atom. The Hall–Kier alpha value is -1.06. The number of rotatable bonds is 1. The zero-order valence-electron chi connectivity index (χ0n) is 10.3. The summed E-state index contributed by atoms with van der Waals surface area (Å²) < 4.78 is 0. The molecule has 0 radical (unpaired) electrons. The van der Waals surface area contributed by atoms with Gasteiger partial charge in [0.15, 0.2) is 0 Å². The molecule has 0 atom stereocenters. The van der Waals surface area contributed by atoms with Crippen molar-refractivity contribution in [1.82, 2.24) is 9.80 Å². The average molecular weight is 224 g/mol. The van der Waals surface area contributed by atoms with Gasteiger partial charge in [-0.25, -0.2) is 4.79 Å². The summed E-state index contributed by atoms with van der Waals surface area (Å²) in [7, 11) is 0. The van der Waals surface area contributed by atoms with Crippen LogP contribution >= 0.6 is 0 Å². The Labute approximate surface area is 96.6 Å². The third-order valence-electron chi connectivity index (χ3n) is 3.43. The van der Waals surface area contributed by atoms with Crippen molar-refractivity contribution in [2.75, 3.05) is 6.54 Å². The number of nitrogens with zero attached hydrogens (tertiary/aromatic N) is 2. The smallest absolute Gasteiger partial charge is 0.312 e. The molecule has 2 rings (SSSR count). The molecule has 2 fully saturated rings. The molecule has 1 saturated heterocycles. The van der Waals surface area contributed by atoms with E-state index in [2.05, 4.69) is 0 Å². The Kier molecular flexibility index (Phi) is 2.68. The van der Waals surface area contributed by atoms with E-state index < -0.39 is 5.54 Å². The van der Waals surface area contributed by atoms with E-state index in [-0.39, 0.29) is 18.5 Å². The maximum absolute atomic E-state index is 12.2. The minimum absolute atomic E-state index is 0.0515. The summed E-state index contributed by atoms with van der Waals surface area (Å²) in [5.41, 5.74) is -0.401. The minimum Gasteiger partial charge on any atom is -0.312 e. The highest BCUT2D eigenvalue weighted by Gasteiger charge is 2.45. The largest absolute Gasteiger partial charge is 0.327 e. The zero-order valence-corrected chi connectivity index (χ0v) is 10.3. The molecule has 0 spiro atoms. The lowest BCUT2D eigenvalue weighted by atomic mass is 10.1. The van der Waals surface area contributed by atoms with Crippen molar-refractivity contribution >= 4 is 11.9 Å². The van der Waals surface area contributed by atoms with Gasteiger partial charge < -0.3 is 4.90 Å². The van der Waals surface area contributed by atoms with Gasteiger partial charge in [-0.3, -0.25) is 9.69 Å². The van der Waals surface area contributed by atoms with Crippen LogP contribution in [0, 0.1) is 0 Å². The minimum atomic E-state index is -0.401. The number of imide groups is 1. The fraction of sp³-hybridized carbons (Fsp3) is 0.833. The number of amides is 3. The van der Waals surface area contributed by atoms with Crippen LogP contribution in [0.5, 0.6) is 0 Å². The fourth-order valence-corrected chi connectivity index (χ4v) is 2.68. The summed E-state index contributed by atoms with van der Waals surface area (Å²) in [5.74, 6) is -0.0515. The van der Waals surface area contributed by atoms with Gasteiger partial charge in [-0.1, -0.05) is 12.8 Å². The van der Waals surface area contributed by atoms with Gasteiger partial charge in [0.25, 0.3) is 5.91 Å². The maximum Gasteiger partial charge on any atom is 0.327 e. The van der Waals surface area contributed by atoms with Gasteiger partial charge in [-0.15, -0.1) is 0 Å². The predicted molar refractivity (Wildman–Crippen MR) is 61.0 cm³/mol. The topological polar surface area (TPSA) is 40.6 Å². The molecular weight excluding hydrogens is 204 g/mol. The highest BCUT2D eigenvalue weighted by Crippen LogP contribution is 2.29.